The molecule has 3 nitrogen and oxygen atoms in total. The normalized spacial score (nSPS) is 9.80. The number of hydrogen-bond acceptors (Lipinski definition) is 3. The van der Waals surface area contributed by atoms with Crippen molar-refractivity contribution >= 4 is 23.9 Å². The fourth-order valence-electron chi connectivity index (χ4n) is 1.19. The summed E-state index contributed by atoms with van der Waals surface area (Å²) in [5, 5.41) is 0.391. The molecule has 0 bridgehead atoms. The maximum Gasteiger partial charge on any atom is 0.338 e. The molecule has 0 fully saturated rings. The minimum absolute atomic E-state index is 0.293. The Morgan fingerprint density at radius 1 is 1.53 bits per heavy atom. The van der Waals surface area contributed by atoms with Crippen molar-refractivity contribution in [1.29, 1.82) is 0 Å². The number of carbonyl (C=O) groups excluding carboxylic acids is 2. The van der Waals surface area contributed by atoms with Crippen LogP contribution in [0.1, 0.15) is 33.2 Å². The molecule has 1 rings (SSSR count). The molecule has 0 aromatic heterocycles. The summed E-state index contributed by atoms with van der Waals surface area (Å²) in [6.45, 7) is 3.72. The SMILES string of the molecule is CCOC(=O)c1cc(C=O)cc(Cl)c1C. The van der Waals surface area contributed by atoms with Crippen LogP contribution in [0.25, 0.3) is 0 Å². The highest BCUT2D eigenvalue weighted by atomic mass is 35.5. The van der Waals surface area contributed by atoms with Gasteiger partial charge in [0.2, 0.25) is 0 Å². The molecule has 0 amide bonds. The first-order valence-corrected chi connectivity index (χ1v) is 4.90. The lowest BCUT2D eigenvalue weighted by Crippen LogP contribution is -2.07. The van der Waals surface area contributed by atoms with Crippen LogP contribution in [-0.2, 0) is 4.74 Å². The molecule has 0 aliphatic carbocycles. The Morgan fingerprint density at radius 2 is 2.20 bits per heavy atom. The van der Waals surface area contributed by atoms with Crippen molar-refractivity contribution in [2.24, 2.45) is 0 Å². The summed E-state index contributed by atoms with van der Waals surface area (Å²) in [6, 6.07) is 3.00. The molecule has 4 heteroatoms. The Morgan fingerprint density at radius 3 is 2.73 bits per heavy atom. The van der Waals surface area contributed by atoms with E-state index in [1.54, 1.807) is 13.8 Å². The smallest absolute Gasteiger partial charge is 0.338 e. The van der Waals surface area contributed by atoms with Crippen molar-refractivity contribution in [1.82, 2.24) is 0 Å². The molecule has 1 aromatic carbocycles. The maximum atomic E-state index is 11.5. The fourth-order valence-corrected chi connectivity index (χ4v) is 1.42. The third kappa shape index (κ3) is 2.57. The average molecular weight is 227 g/mol. The van der Waals surface area contributed by atoms with E-state index in [4.69, 9.17) is 16.3 Å². The highest BCUT2D eigenvalue weighted by Gasteiger charge is 2.13. The van der Waals surface area contributed by atoms with E-state index in [2.05, 4.69) is 0 Å². The van der Waals surface area contributed by atoms with Crippen LogP contribution < -0.4 is 0 Å². The number of hydrogen-bond donors (Lipinski definition) is 0. The van der Waals surface area contributed by atoms with E-state index < -0.39 is 5.97 Å². The summed E-state index contributed by atoms with van der Waals surface area (Å²) in [5.74, 6) is -0.458. The number of carbonyl (C=O) groups is 2. The second-order valence-electron chi connectivity index (χ2n) is 3.01. The fraction of sp³-hybridized carbons (Fsp3) is 0.273. The van der Waals surface area contributed by atoms with Gasteiger partial charge in [-0.1, -0.05) is 11.6 Å². The largest absolute Gasteiger partial charge is 0.462 e. The van der Waals surface area contributed by atoms with Crippen molar-refractivity contribution in [3.63, 3.8) is 0 Å². The Kier molecular flexibility index (Phi) is 3.86. The second-order valence-corrected chi connectivity index (χ2v) is 3.42. The number of rotatable bonds is 3. The lowest BCUT2D eigenvalue weighted by Gasteiger charge is -2.07. The number of halogens is 1. The number of esters is 1. The summed E-state index contributed by atoms with van der Waals surface area (Å²) in [6.07, 6.45) is 0.647. The van der Waals surface area contributed by atoms with Crippen molar-refractivity contribution < 1.29 is 14.3 Å². The molecule has 1 aromatic rings. The monoisotopic (exact) mass is 226 g/mol. The molecule has 0 N–H and O–H groups in total. The lowest BCUT2D eigenvalue weighted by atomic mass is 10.1. The third-order valence-electron chi connectivity index (χ3n) is 2.00. The Hall–Kier alpha value is -1.35. The van der Waals surface area contributed by atoms with E-state index in [1.165, 1.54) is 12.1 Å². The van der Waals surface area contributed by atoms with Crippen LogP contribution in [-0.4, -0.2) is 18.9 Å². The molecule has 0 saturated heterocycles. The van der Waals surface area contributed by atoms with Gasteiger partial charge in [0, 0.05) is 10.6 Å². The summed E-state index contributed by atoms with van der Waals surface area (Å²) in [4.78, 5) is 22.1. The molecule has 0 heterocycles. The predicted octanol–water partition coefficient (Wildman–Crippen LogP) is 2.64. The molecule has 0 radical (unpaired) electrons. The van der Waals surface area contributed by atoms with Gasteiger partial charge in [-0.2, -0.15) is 0 Å². The molecule has 0 unspecified atom stereocenters. The van der Waals surface area contributed by atoms with Gasteiger partial charge in [0.1, 0.15) is 6.29 Å². The van der Waals surface area contributed by atoms with E-state index in [1.807, 2.05) is 0 Å². The zero-order chi connectivity index (χ0) is 11.4. The summed E-state index contributed by atoms with van der Waals surface area (Å²) in [7, 11) is 0. The van der Waals surface area contributed by atoms with Gasteiger partial charge >= 0.3 is 5.97 Å². The molecule has 0 aliphatic heterocycles. The van der Waals surface area contributed by atoms with Gasteiger partial charge in [0.05, 0.1) is 12.2 Å². The van der Waals surface area contributed by atoms with Gasteiger partial charge in [0.25, 0.3) is 0 Å². The molecule has 0 atom stereocenters. The zero-order valence-corrected chi connectivity index (χ0v) is 9.30. The highest BCUT2D eigenvalue weighted by molar-refractivity contribution is 6.32. The molecule has 15 heavy (non-hydrogen) atoms. The average Bonchev–Trinajstić information content (AvgIpc) is 2.22. The number of aldehydes is 1. The minimum atomic E-state index is -0.458. The lowest BCUT2D eigenvalue weighted by molar-refractivity contribution is 0.0525. The van der Waals surface area contributed by atoms with E-state index >= 15 is 0 Å². The second kappa shape index (κ2) is 4.94. The van der Waals surface area contributed by atoms with Crippen molar-refractivity contribution in [2.45, 2.75) is 13.8 Å². The van der Waals surface area contributed by atoms with Crippen LogP contribution in [0.2, 0.25) is 5.02 Å². The first kappa shape index (κ1) is 11.7. The quantitative estimate of drug-likeness (QED) is 0.588. The van der Waals surface area contributed by atoms with Gasteiger partial charge in [-0.05, 0) is 31.5 Å². The highest BCUT2D eigenvalue weighted by Crippen LogP contribution is 2.21. The van der Waals surface area contributed by atoms with Crippen LogP contribution in [0.3, 0.4) is 0 Å². The molecule has 0 saturated carbocycles. The van der Waals surface area contributed by atoms with Gasteiger partial charge in [-0.15, -0.1) is 0 Å². The van der Waals surface area contributed by atoms with E-state index in [9.17, 15) is 9.59 Å². The Balaban J connectivity index is 3.21. The Labute approximate surface area is 93.0 Å². The predicted molar refractivity (Wildman–Crippen MR) is 57.5 cm³/mol. The topological polar surface area (TPSA) is 43.4 Å². The van der Waals surface area contributed by atoms with Crippen LogP contribution in [0.15, 0.2) is 12.1 Å². The van der Waals surface area contributed by atoms with Gasteiger partial charge in [-0.3, -0.25) is 4.79 Å². The summed E-state index contributed by atoms with van der Waals surface area (Å²) >= 11 is 5.88. The van der Waals surface area contributed by atoms with Crippen LogP contribution >= 0.6 is 11.6 Å². The molecular weight excluding hydrogens is 216 g/mol. The van der Waals surface area contributed by atoms with Crippen LogP contribution in [0.4, 0.5) is 0 Å². The van der Waals surface area contributed by atoms with Crippen molar-refractivity contribution in [2.75, 3.05) is 6.61 Å². The van der Waals surface area contributed by atoms with Gasteiger partial charge in [0.15, 0.2) is 0 Å². The van der Waals surface area contributed by atoms with Crippen molar-refractivity contribution in [3.05, 3.63) is 33.8 Å². The zero-order valence-electron chi connectivity index (χ0n) is 8.54. The first-order chi connectivity index (χ1) is 7.10. The minimum Gasteiger partial charge on any atom is -0.462 e. The molecule has 80 valence electrons. The number of benzene rings is 1. The molecule has 0 spiro atoms. The van der Waals surface area contributed by atoms with E-state index in [0.29, 0.717) is 34.6 Å². The third-order valence-corrected chi connectivity index (χ3v) is 2.39. The number of ether oxygens (including phenoxy) is 1. The molecule has 0 aliphatic rings. The summed E-state index contributed by atoms with van der Waals surface area (Å²) in [5.41, 5.74) is 1.33. The first-order valence-electron chi connectivity index (χ1n) is 4.52. The van der Waals surface area contributed by atoms with Crippen LogP contribution in [0.5, 0.6) is 0 Å². The standard InChI is InChI=1S/C11H11ClO3/c1-3-15-11(14)9-4-8(6-13)5-10(12)7(9)2/h4-6H,3H2,1-2H3. The summed E-state index contributed by atoms with van der Waals surface area (Å²) < 4.78 is 4.85. The van der Waals surface area contributed by atoms with E-state index in [0.717, 1.165) is 0 Å². The van der Waals surface area contributed by atoms with E-state index in [-0.39, 0.29) is 0 Å². The van der Waals surface area contributed by atoms with Crippen LogP contribution in [0, 0.1) is 6.92 Å². The Bertz CT molecular complexity index is 399. The van der Waals surface area contributed by atoms with Gasteiger partial charge in [-0.25, -0.2) is 4.79 Å². The molecular formula is C11H11ClO3. The van der Waals surface area contributed by atoms with Crippen molar-refractivity contribution in [3.8, 4) is 0 Å². The van der Waals surface area contributed by atoms with Gasteiger partial charge < -0.3 is 4.74 Å². The maximum absolute atomic E-state index is 11.5.